The van der Waals surface area contributed by atoms with Crippen molar-refractivity contribution in [2.45, 2.75) is 40.4 Å². The highest BCUT2D eigenvalue weighted by atomic mass is 28.4. The zero-order chi connectivity index (χ0) is 12.7. The van der Waals surface area contributed by atoms with E-state index in [0.717, 1.165) is 25.8 Å². The van der Waals surface area contributed by atoms with Crippen molar-refractivity contribution >= 4 is 16.8 Å². The van der Waals surface area contributed by atoms with Crippen LogP contribution in [0.4, 0.5) is 0 Å². The van der Waals surface area contributed by atoms with Crippen molar-refractivity contribution in [2.24, 2.45) is 0 Å². The van der Waals surface area contributed by atoms with E-state index in [-0.39, 0.29) is 0 Å². The van der Waals surface area contributed by atoms with Crippen molar-refractivity contribution < 1.29 is 0 Å². The minimum atomic E-state index is -1.87. The van der Waals surface area contributed by atoms with E-state index in [4.69, 9.17) is 0 Å². The molecule has 0 aromatic rings. The van der Waals surface area contributed by atoms with Crippen LogP contribution in [-0.4, -0.2) is 42.6 Å². The van der Waals surface area contributed by atoms with Crippen LogP contribution >= 0.6 is 0 Å². The summed E-state index contributed by atoms with van der Waals surface area (Å²) in [6.45, 7) is 16.6. The molecule has 0 heterocycles. The summed E-state index contributed by atoms with van der Waals surface area (Å²) in [6.07, 6.45) is 1.15. The molecule has 0 aliphatic rings. The third-order valence-electron chi connectivity index (χ3n) is 2.21. The smallest absolute Gasteiger partial charge is 0.303 e. The average molecular weight is 263 g/mol. The molecule has 0 bridgehead atoms. The summed E-state index contributed by atoms with van der Waals surface area (Å²) < 4.78 is 0. The summed E-state index contributed by atoms with van der Waals surface area (Å²) in [5.74, 6) is 0. The Morgan fingerprint density at radius 2 is 1.06 bits per heavy atom. The van der Waals surface area contributed by atoms with Gasteiger partial charge in [-0.15, -0.1) is 0 Å². The molecule has 0 aromatic carbocycles. The van der Waals surface area contributed by atoms with Crippen molar-refractivity contribution in [2.75, 3.05) is 25.8 Å². The minimum Gasteiger partial charge on any atom is -0.303 e. The van der Waals surface area contributed by atoms with Gasteiger partial charge >= 0.3 is 8.72 Å². The molecule has 0 saturated heterocycles. The standard InChI is InChI=1S/C10H30N4Si2/c1-7-11-16(12-8-2,13-9-3)14-10-15(4,5)6/h11-14H,7-10H2,1-6H3. The van der Waals surface area contributed by atoms with Crippen LogP contribution < -0.4 is 19.9 Å². The maximum absolute atomic E-state index is 3.74. The lowest BCUT2D eigenvalue weighted by Crippen LogP contribution is -2.81. The third kappa shape index (κ3) is 6.77. The van der Waals surface area contributed by atoms with E-state index in [2.05, 4.69) is 60.3 Å². The van der Waals surface area contributed by atoms with Crippen LogP contribution in [0.25, 0.3) is 0 Å². The molecule has 0 aromatic heterocycles. The predicted molar refractivity (Wildman–Crippen MR) is 78.1 cm³/mol. The van der Waals surface area contributed by atoms with E-state index >= 15 is 0 Å². The van der Waals surface area contributed by atoms with E-state index < -0.39 is 16.8 Å². The Balaban J connectivity index is 4.46. The van der Waals surface area contributed by atoms with E-state index in [1.807, 2.05) is 0 Å². The molecule has 0 unspecified atom stereocenters. The molecule has 4 nitrogen and oxygen atoms in total. The van der Waals surface area contributed by atoms with Gasteiger partial charge < -0.3 is 19.9 Å². The van der Waals surface area contributed by atoms with Crippen LogP contribution in [0, 0.1) is 0 Å². The van der Waals surface area contributed by atoms with Crippen molar-refractivity contribution in [3.63, 3.8) is 0 Å². The van der Waals surface area contributed by atoms with E-state index in [9.17, 15) is 0 Å². The highest BCUT2D eigenvalue weighted by Gasteiger charge is 2.33. The average Bonchev–Trinajstić information content (AvgIpc) is 2.15. The lowest BCUT2D eigenvalue weighted by molar-refractivity contribution is 0.723. The topological polar surface area (TPSA) is 48.1 Å². The van der Waals surface area contributed by atoms with Crippen LogP contribution in [0.2, 0.25) is 19.6 Å². The predicted octanol–water partition coefficient (Wildman–Crippen LogP) is 0.718. The van der Waals surface area contributed by atoms with Gasteiger partial charge in [-0.3, -0.25) is 0 Å². The first-order chi connectivity index (χ1) is 7.39. The van der Waals surface area contributed by atoms with E-state index in [1.165, 1.54) is 0 Å². The molecule has 0 fully saturated rings. The first-order valence-electron chi connectivity index (χ1n) is 6.39. The number of hydrogen-bond donors (Lipinski definition) is 4. The monoisotopic (exact) mass is 262 g/mol. The van der Waals surface area contributed by atoms with E-state index in [0.29, 0.717) is 0 Å². The van der Waals surface area contributed by atoms with Crippen molar-refractivity contribution in [3.8, 4) is 0 Å². The fourth-order valence-corrected chi connectivity index (χ4v) is 7.09. The van der Waals surface area contributed by atoms with Gasteiger partial charge in [0.25, 0.3) is 0 Å². The third-order valence-corrected chi connectivity index (χ3v) is 7.16. The number of rotatable bonds is 9. The highest BCUT2D eigenvalue weighted by molar-refractivity contribution is 6.78. The molecule has 0 spiro atoms. The second kappa shape index (κ2) is 7.57. The lowest BCUT2D eigenvalue weighted by atomic mass is 10.8. The molecule has 0 saturated carbocycles. The summed E-state index contributed by atoms with van der Waals surface area (Å²) in [6, 6.07) is 0. The van der Waals surface area contributed by atoms with Crippen molar-refractivity contribution in [1.82, 2.24) is 19.9 Å². The number of nitrogens with one attached hydrogen (secondary N) is 4. The van der Waals surface area contributed by atoms with Gasteiger partial charge in [0, 0.05) is 0 Å². The van der Waals surface area contributed by atoms with Gasteiger partial charge in [0.05, 0.1) is 8.07 Å². The molecule has 0 rings (SSSR count). The minimum absolute atomic E-state index is 0.991. The Morgan fingerprint density at radius 1 is 0.688 bits per heavy atom. The second-order valence-electron chi connectivity index (χ2n) is 5.26. The molecule has 0 aliphatic heterocycles. The maximum Gasteiger partial charge on any atom is 0.365 e. The van der Waals surface area contributed by atoms with Gasteiger partial charge in [-0.2, -0.15) is 0 Å². The van der Waals surface area contributed by atoms with Gasteiger partial charge in [0.1, 0.15) is 0 Å². The molecular formula is C10H30N4Si2. The molecule has 0 aliphatic carbocycles. The molecule has 0 atom stereocenters. The van der Waals surface area contributed by atoms with Gasteiger partial charge in [-0.1, -0.05) is 40.4 Å². The molecule has 16 heavy (non-hydrogen) atoms. The van der Waals surface area contributed by atoms with Crippen LogP contribution in [0.15, 0.2) is 0 Å². The summed E-state index contributed by atoms with van der Waals surface area (Å²) in [4.78, 5) is 14.5. The van der Waals surface area contributed by atoms with Crippen molar-refractivity contribution in [1.29, 1.82) is 0 Å². The zero-order valence-electron chi connectivity index (χ0n) is 11.8. The second-order valence-corrected chi connectivity index (χ2v) is 13.6. The molecular weight excluding hydrogens is 232 g/mol. The largest absolute Gasteiger partial charge is 0.365 e. The highest BCUT2D eigenvalue weighted by Crippen LogP contribution is 1.98. The molecule has 0 radical (unpaired) electrons. The Bertz CT molecular complexity index is 165. The van der Waals surface area contributed by atoms with Crippen LogP contribution in [0.1, 0.15) is 20.8 Å². The normalized spacial score (nSPS) is 13.1. The fourth-order valence-electron chi connectivity index (χ4n) is 1.57. The molecule has 98 valence electrons. The SMILES string of the molecule is CCN[Si](NCC)(NCC)NC[Si](C)(C)C. The Labute approximate surface area is 103 Å². The molecule has 6 heteroatoms. The zero-order valence-corrected chi connectivity index (χ0v) is 13.8. The maximum atomic E-state index is 3.74. The van der Waals surface area contributed by atoms with Gasteiger partial charge in [0.15, 0.2) is 0 Å². The van der Waals surface area contributed by atoms with Crippen LogP contribution in [0.5, 0.6) is 0 Å². The fraction of sp³-hybridized carbons (Fsp3) is 1.00. The van der Waals surface area contributed by atoms with E-state index in [1.54, 1.807) is 0 Å². The summed E-state index contributed by atoms with van der Waals surface area (Å²) in [7, 11) is -2.92. The number of hydrogen-bond acceptors (Lipinski definition) is 4. The summed E-state index contributed by atoms with van der Waals surface area (Å²) >= 11 is 0. The first-order valence-corrected chi connectivity index (χ1v) is 12.1. The van der Waals surface area contributed by atoms with Crippen LogP contribution in [-0.2, 0) is 0 Å². The quantitative estimate of drug-likeness (QED) is 0.463. The van der Waals surface area contributed by atoms with Gasteiger partial charge in [-0.05, 0) is 25.8 Å². The Hall–Kier alpha value is 0.274. The van der Waals surface area contributed by atoms with Gasteiger partial charge in [-0.25, -0.2) is 0 Å². The summed E-state index contributed by atoms with van der Waals surface area (Å²) in [5, 5.41) is 0. The van der Waals surface area contributed by atoms with Gasteiger partial charge in [0.2, 0.25) is 0 Å². The summed E-state index contributed by atoms with van der Waals surface area (Å²) in [5.41, 5.74) is 0. The van der Waals surface area contributed by atoms with Crippen LogP contribution in [0.3, 0.4) is 0 Å². The van der Waals surface area contributed by atoms with Crippen molar-refractivity contribution in [3.05, 3.63) is 0 Å². The molecule has 0 amide bonds. The Kier molecular flexibility index (Phi) is 7.70. The Morgan fingerprint density at radius 3 is 1.31 bits per heavy atom. The first kappa shape index (κ1) is 16.3. The lowest BCUT2D eigenvalue weighted by Gasteiger charge is -2.35. The molecule has 4 N–H and O–H groups in total.